The van der Waals surface area contributed by atoms with Crippen LogP contribution in [0.5, 0.6) is 0 Å². The molecule has 116 valence electrons. The van der Waals surface area contributed by atoms with E-state index < -0.39 is 6.04 Å². The molecular formula is C16H18N2O3S. The summed E-state index contributed by atoms with van der Waals surface area (Å²) in [6.45, 7) is 3.87. The Balaban J connectivity index is 1.93. The normalized spacial score (nSPS) is 11.5. The predicted molar refractivity (Wildman–Crippen MR) is 88.4 cm³/mol. The summed E-state index contributed by atoms with van der Waals surface area (Å²) < 4.78 is 4.94. The molecule has 0 unspecified atom stereocenters. The summed E-state index contributed by atoms with van der Waals surface area (Å²) in [6, 6.07) is 10.4. The number of thiophene rings is 1. The van der Waals surface area contributed by atoms with Crippen molar-refractivity contribution in [2.45, 2.75) is 19.9 Å². The Labute approximate surface area is 133 Å². The quantitative estimate of drug-likeness (QED) is 0.801. The van der Waals surface area contributed by atoms with Crippen LogP contribution in [0.4, 0.5) is 11.4 Å². The van der Waals surface area contributed by atoms with E-state index in [4.69, 9.17) is 4.74 Å². The monoisotopic (exact) mass is 318 g/mol. The topological polar surface area (TPSA) is 67.4 Å². The number of nitrogens with one attached hydrogen (secondary N) is 2. The number of anilines is 2. The van der Waals surface area contributed by atoms with Crippen molar-refractivity contribution in [2.24, 2.45) is 0 Å². The van der Waals surface area contributed by atoms with Gasteiger partial charge in [-0.2, -0.15) is 0 Å². The Kier molecular flexibility index (Phi) is 5.55. The zero-order valence-corrected chi connectivity index (χ0v) is 13.3. The molecule has 1 aromatic heterocycles. The highest BCUT2D eigenvalue weighted by atomic mass is 32.1. The van der Waals surface area contributed by atoms with Gasteiger partial charge >= 0.3 is 5.97 Å². The highest BCUT2D eigenvalue weighted by Crippen LogP contribution is 2.17. The molecule has 1 heterocycles. The molecule has 0 aliphatic carbocycles. The zero-order chi connectivity index (χ0) is 15.9. The van der Waals surface area contributed by atoms with Crippen molar-refractivity contribution in [3.63, 3.8) is 0 Å². The van der Waals surface area contributed by atoms with Crippen molar-refractivity contribution in [1.82, 2.24) is 0 Å². The Hall–Kier alpha value is -2.34. The van der Waals surface area contributed by atoms with E-state index in [9.17, 15) is 9.59 Å². The molecule has 2 aromatic rings. The smallest absolute Gasteiger partial charge is 0.328 e. The van der Waals surface area contributed by atoms with Crippen LogP contribution in [0.3, 0.4) is 0 Å². The van der Waals surface area contributed by atoms with Crippen LogP contribution in [-0.2, 0) is 9.53 Å². The molecule has 5 nitrogen and oxygen atoms in total. The van der Waals surface area contributed by atoms with Crippen molar-refractivity contribution in [3.05, 3.63) is 46.7 Å². The van der Waals surface area contributed by atoms with E-state index in [1.807, 2.05) is 11.4 Å². The Bertz CT molecular complexity index is 623. The molecule has 0 aliphatic heterocycles. The molecule has 1 amide bonds. The highest BCUT2D eigenvalue weighted by molar-refractivity contribution is 7.12. The maximum atomic E-state index is 11.9. The van der Waals surface area contributed by atoms with Crippen LogP contribution in [0.1, 0.15) is 23.5 Å². The van der Waals surface area contributed by atoms with Gasteiger partial charge in [0, 0.05) is 11.4 Å². The fourth-order valence-electron chi connectivity index (χ4n) is 1.83. The molecule has 0 bridgehead atoms. The average molecular weight is 318 g/mol. The van der Waals surface area contributed by atoms with Crippen molar-refractivity contribution in [2.75, 3.05) is 17.2 Å². The number of hydrogen-bond acceptors (Lipinski definition) is 5. The van der Waals surface area contributed by atoms with E-state index in [1.54, 1.807) is 44.2 Å². The van der Waals surface area contributed by atoms with Crippen LogP contribution >= 0.6 is 11.3 Å². The van der Waals surface area contributed by atoms with Gasteiger partial charge in [-0.1, -0.05) is 6.07 Å². The van der Waals surface area contributed by atoms with Crippen molar-refractivity contribution in [1.29, 1.82) is 0 Å². The number of amides is 1. The van der Waals surface area contributed by atoms with Crippen molar-refractivity contribution < 1.29 is 14.3 Å². The Morgan fingerprint density at radius 2 is 1.86 bits per heavy atom. The maximum Gasteiger partial charge on any atom is 0.328 e. The van der Waals surface area contributed by atoms with Gasteiger partial charge in [0.1, 0.15) is 6.04 Å². The second-order valence-electron chi connectivity index (χ2n) is 4.63. The third-order valence-electron chi connectivity index (χ3n) is 2.91. The van der Waals surface area contributed by atoms with Gasteiger partial charge in [-0.25, -0.2) is 4.79 Å². The summed E-state index contributed by atoms with van der Waals surface area (Å²) in [5.41, 5.74) is 1.49. The number of ether oxygens (including phenoxy) is 1. The molecule has 2 N–H and O–H groups in total. The van der Waals surface area contributed by atoms with E-state index in [1.165, 1.54) is 11.3 Å². The van der Waals surface area contributed by atoms with Crippen molar-refractivity contribution in [3.8, 4) is 0 Å². The van der Waals surface area contributed by atoms with E-state index in [2.05, 4.69) is 10.6 Å². The molecule has 0 saturated heterocycles. The lowest BCUT2D eigenvalue weighted by molar-refractivity contribution is -0.143. The molecule has 0 radical (unpaired) electrons. The van der Waals surface area contributed by atoms with Gasteiger partial charge in [0.15, 0.2) is 0 Å². The number of carbonyl (C=O) groups excluding carboxylic acids is 2. The minimum absolute atomic E-state index is 0.129. The number of carbonyl (C=O) groups is 2. The fraction of sp³-hybridized carbons (Fsp3) is 0.250. The fourth-order valence-corrected chi connectivity index (χ4v) is 2.45. The second kappa shape index (κ2) is 7.61. The molecule has 22 heavy (non-hydrogen) atoms. The molecule has 0 fully saturated rings. The first kappa shape index (κ1) is 16.0. The van der Waals surface area contributed by atoms with Crippen LogP contribution in [0.2, 0.25) is 0 Å². The number of hydrogen-bond donors (Lipinski definition) is 2. The molecular weight excluding hydrogens is 300 g/mol. The summed E-state index contributed by atoms with van der Waals surface area (Å²) >= 11 is 1.39. The summed E-state index contributed by atoms with van der Waals surface area (Å²) in [4.78, 5) is 24.1. The lowest BCUT2D eigenvalue weighted by Crippen LogP contribution is -2.28. The van der Waals surface area contributed by atoms with Gasteiger partial charge in [-0.3, -0.25) is 4.79 Å². The van der Waals surface area contributed by atoms with Gasteiger partial charge in [-0.05, 0) is 49.6 Å². The third-order valence-corrected chi connectivity index (χ3v) is 3.78. The molecule has 0 saturated carbocycles. The molecule has 0 aliphatic rings. The Morgan fingerprint density at radius 3 is 2.45 bits per heavy atom. The van der Waals surface area contributed by atoms with Gasteiger partial charge in [0.2, 0.25) is 0 Å². The molecule has 1 atom stereocenters. The molecule has 6 heteroatoms. The first-order valence-corrected chi connectivity index (χ1v) is 7.86. The van der Waals surface area contributed by atoms with Crippen LogP contribution in [0.25, 0.3) is 0 Å². The summed E-state index contributed by atoms with van der Waals surface area (Å²) in [7, 11) is 0. The SMILES string of the molecule is CCOC(=O)[C@H](C)Nc1ccc(NC(=O)c2cccs2)cc1. The standard InChI is InChI=1S/C16H18N2O3S/c1-3-21-16(20)11(2)17-12-6-8-13(9-7-12)18-15(19)14-5-4-10-22-14/h4-11,17H,3H2,1-2H3,(H,18,19)/t11-/m0/s1. The lowest BCUT2D eigenvalue weighted by atomic mass is 10.2. The molecule has 0 spiro atoms. The third kappa shape index (κ3) is 4.33. The predicted octanol–water partition coefficient (Wildman–Crippen LogP) is 3.36. The molecule has 1 aromatic carbocycles. The van der Waals surface area contributed by atoms with E-state index >= 15 is 0 Å². The van der Waals surface area contributed by atoms with Gasteiger partial charge in [0.05, 0.1) is 11.5 Å². The second-order valence-corrected chi connectivity index (χ2v) is 5.57. The highest BCUT2D eigenvalue weighted by Gasteiger charge is 2.13. The minimum Gasteiger partial charge on any atom is -0.464 e. The van der Waals surface area contributed by atoms with Gasteiger partial charge in [-0.15, -0.1) is 11.3 Å². The van der Waals surface area contributed by atoms with E-state index in [0.29, 0.717) is 17.2 Å². The minimum atomic E-state index is -0.425. The van der Waals surface area contributed by atoms with Crippen LogP contribution in [0.15, 0.2) is 41.8 Å². The summed E-state index contributed by atoms with van der Waals surface area (Å²) in [5, 5.41) is 7.73. The van der Waals surface area contributed by atoms with E-state index in [-0.39, 0.29) is 11.9 Å². The Morgan fingerprint density at radius 1 is 1.18 bits per heavy atom. The van der Waals surface area contributed by atoms with Crippen LogP contribution in [-0.4, -0.2) is 24.5 Å². The maximum absolute atomic E-state index is 11.9. The number of benzene rings is 1. The number of rotatable bonds is 6. The largest absolute Gasteiger partial charge is 0.464 e. The van der Waals surface area contributed by atoms with E-state index in [0.717, 1.165) is 5.69 Å². The average Bonchev–Trinajstić information content (AvgIpc) is 3.04. The van der Waals surface area contributed by atoms with Gasteiger partial charge in [0.25, 0.3) is 5.91 Å². The van der Waals surface area contributed by atoms with Crippen LogP contribution in [0, 0.1) is 0 Å². The zero-order valence-electron chi connectivity index (χ0n) is 12.5. The molecule has 2 rings (SSSR count). The summed E-state index contributed by atoms with van der Waals surface area (Å²) in [5.74, 6) is -0.423. The summed E-state index contributed by atoms with van der Waals surface area (Å²) in [6.07, 6.45) is 0. The van der Waals surface area contributed by atoms with Gasteiger partial charge < -0.3 is 15.4 Å². The lowest BCUT2D eigenvalue weighted by Gasteiger charge is -2.14. The first-order valence-electron chi connectivity index (χ1n) is 6.98. The van der Waals surface area contributed by atoms with Crippen LogP contribution < -0.4 is 10.6 Å². The van der Waals surface area contributed by atoms with Crippen molar-refractivity contribution >= 4 is 34.6 Å². The first-order chi connectivity index (χ1) is 10.6. The number of esters is 1.